The van der Waals surface area contributed by atoms with Crippen molar-refractivity contribution in [2.75, 3.05) is 12.5 Å². The number of alkyl halides is 1. The maximum Gasteiger partial charge on any atom is 0.258 e. The van der Waals surface area contributed by atoms with E-state index in [1.165, 1.54) is 0 Å². The molecule has 0 aliphatic heterocycles. The molecule has 0 spiro atoms. The van der Waals surface area contributed by atoms with Gasteiger partial charge in [-0.3, -0.25) is 9.59 Å². The average molecular weight is 342 g/mol. The zero-order valence-electron chi connectivity index (χ0n) is 12.0. The number of hydrogen-bond acceptors (Lipinski definition) is 3. The van der Waals surface area contributed by atoms with Crippen molar-refractivity contribution in [2.45, 2.75) is 31.2 Å². The Morgan fingerprint density at radius 3 is 2.41 bits per heavy atom. The van der Waals surface area contributed by atoms with E-state index in [1.807, 2.05) is 0 Å². The van der Waals surface area contributed by atoms with Gasteiger partial charge in [-0.1, -0.05) is 11.6 Å². The Morgan fingerprint density at radius 1 is 1.18 bits per heavy atom. The number of carbonyl (C=O) groups excluding carboxylic acids is 2. The molecule has 1 aromatic rings. The van der Waals surface area contributed by atoms with Crippen LogP contribution < -0.4 is 10.1 Å². The summed E-state index contributed by atoms with van der Waals surface area (Å²) in [5.41, 5.74) is -0.0245. The highest BCUT2D eigenvalue weighted by atomic mass is 35.5. The van der Waals surface area contributed by atoms with Gasteiger partial charge in [0.15, 0.2) is 6.61 Å². The highest BCUT2D eigenvalue weighted by Gasteiger charge is 2.68. The summed E-state index contributed by atoms with van der Waals surface area (Å²) in [4.78, 5) is 23.4. The molecule has 1 N–H and O–H groups in total. The molecule has 3 fully saturated rings. The summed E-state index contributed by atoms with van der Waals surface area (Å²) in [6, 6.07) is 6.88. The zero-order chi connectivity index (χ0) is 15.8. The van der Waals surface area contributed by atoms with E-state index in [0.29, 0.717) is 17.2 Å². The fraction of sp³-hybridized carbons (Fsp3) is 0.500. The van der Waals surface area contributed by atoms with Crippen LogP contribution in [0.25, 0.3) is 0 Å². The lowest BCUT2D eigenvalue weighted by atomic mass is 9.38. The maximum atomic E-state index is 11.9. The lowest BCUT2D eigenvalue weighted by Gasteiger charge is -2.70. The number of rotatable bonds is 7. The molecular formula is C16H17Cl2NO3. The van der Waals surface area contributed by atoms with Gasteiger partial charge >= 0.3 is 0 Å². The maximum absolute atomic E-state index is 11.9. The first-order valence-electron chi connectivity index (χ1n) is 7.21. The van der Waals surface area contributed by atoms with Crippen molar-refractivity contribution in [1.82, 2.24) is 5.32 Å². The van der Waals surface area contributed by atoms with Crippen molar-refractivity contribution in [3.8, 4) is 5.75 Å². The standard InChI is InChI=1S/C16H17Cl2NO3/c17-6-12(20)5-15-8-16(9-15,10-15)19-14(21)7-22-13-3-1-11(18)2-4-13/h1-4H,5-10H2,(H,19,21). The number of ether oxygens (including phenoxy) is 1. The van der Waals surface area contributed by atoms with Crippen molar-refractivity contribution < 1.29 is 14.3 Å². The molecule has 1 aromatic carbocycles. The second-order valence-corrected chi connectivity index (χ2v) is 7.15. The zero-order valence-corrected chi connectivity index (χ0v) is 13.5. The van der Waals surface area contributed by atoms with E-state index in [9.17, 15) is 9.59 Å². The van der Waals surface area contributed by atoms with Crippen molar-refractivity contribution in [1.29, 1.82) is 0 Å². The third kappa shape index (κ3) is 3.08. The monoisotopic (exact) mass is 341 g/mol. The smallest absolute Gasteiger partial charge is 0.258 e. The minimum atomic E-state index is -0.132. The number of carbonyl (C=O) groups is 2. The Hall–Kier alpha value is -1.26. The van der Waals surface area contributed by atoms with Gasteiger partial charge in [-0.2, -0.15) is 0 Å². The molecule has 22 heavy (non-hydrogen) atoms. The Balaban J connectivity index is 1.41. The van der Waals surface area contributed by atoms with Crippen molar-refractivity contribution in [3.05, 3.63) is 29.3 Å². The van der Waals surface area contributed by atoms with Crippen LogP contribution in [0, 0.1) is 5.41 Å². The van der Waals surface area contributed by atoms with E-state index in [0.717, 1.165) is 19.3 Å². The van der Waals surface area contributed by atoms with E-state index in [-0.39, 0.29) is 35.1 Å². The van der Waals surface area contributed by atoms with Gasteiger partial charge in [0.1, 0.15) is 11.5 Å². The van der Waals surface area contributed by atoms with Gasteiger partial charge in [0.25, 0.3) is 5.91 Å². The first-order chi connectivity index (χ1) is 10.4. The molecule has 3 aliphatic rings. The molecule has 118 valence electrons. The predicted octanol–water partition coefficient (Wildman–Crippen LogP) is 2.96. The Morgan fingerprint density at radius 2 is 1.82 bits per heavy atom. The second-order valence-electron chi connectivity index (χ2n) is 6.45. The van der Waals surface area contributed by atoms with Crippen molar-refractivity contribution >= 4 is 34.9 Å². The van der Waals surface area contributed by atoms with Gasteiger partial charge in [0, 0.05) is 17.0 Å². The Labute approximate surface area is 139 Å². The minimum absolute atomic E-state index is 0.0169. The first-order valence-corrected chi connectivity index (χ1v) is 8.13. The molecule has 2 bridgehead atoms. The number of amides is 1. The summed E-state index contributed by atoms with van der Waals surface area (Å²) in [6.07, 6.45) is 3.15. The van der Waals surface area contributed by atoms with E-state index >= 15 is 0 Å². The van der Waals surface area contributed by atoms with Crippen LogP contribution in [-0.4, -0.2) is 29.7 Å². The first kappa shape index (κ1) is 15.6. The van der Waals surface area contributed by atoms with Crippen LogP contribution in [0.15, 0.2) is 24.3 Å². The molecule has 0 unspecified atom stereocenters. The normalized spacial score (nSPS) is 28.3. The number of ketones is 1. The number of benzene rings is 1. The minimum Gasteiger partial charge on any atom is -0.484 e. The molecule has 3 saturated carbocycles. The summed E-state index contributed by atoms with van der Waals surface area (Å²) >= 11 is 11.3. The van der Waals surface area contributed by atoms with Gasteiger partial charge in [0.05, 0.1) is 5.88 Å². The Bertz CT molecular complexity index is 580. The topological polar surface area (TPSA) is 55.4 Å². The van der Waals surface area contributed by atoms with E-state index < -0.39 is 0 Å². The number of halogens is 2. The fourth-order valence-corrected chi connectivity index (χ4v) is 4.02. The number of Topliss-reactive ketones (excluding diaryl/α,β-unsaturated/α-hetero) is 1. The van der Waals surface area contributed by atoms with E-state index in [2.05, 4.69) is 5.32 Å². The summed E-state index contributed by atoms with van der Waals surface area (Å²) in [5.74, 6) is 0.649. The molecule has 4 rings (SSSR count). The van der Waals surface area contributed by atoms with Crippen LogP contribution in [0.2, 0.25) is 5.02 Å². The molecule has 0 aromatic heterocycles. The van der Waals surface area contributed by atoms with E-state index in [1.54, 1.807) is 24.3 Å². The highest BCUT2D eigenvalue weighted by Crippen LogP contribution is 2.68. The van der Waals surface area contributed by atoms with Gasteiger partial charge in [-0.25, -0.2) is 0 Å². The van der Waals surface area contributed by atoms with Gasteiger partial charge in [0.2, 0.25) is 0 Å². The molecule has 0 saturated heterocycles. The predicted molar refractivity (Wildman–Crippen MR) is 84.4 cm³/mol. The summed E-state index contributed by atoms with van der Waals surface area (Å²) in [6.45, 7) is -0.0169. The van der Waals surface area contributed by atoms with Gasteiger partial charge < -0.3 is 10.1 Å². The molecule has 3 aliphatic carbocycles. The van der Waals surface area contributed by atoms with Crippen molar-refractivity contribution in [3.63, 3.8) is 0 Å². The second kappa shape index (κ2) is 5.74. The summed E-state index contributed by atoms with van der Waals surface area (Å²) in [5, 5.41) is 3.65. The molecule has 4 nitrogen and oxygen atoms in total. The van der Waals surface area contributed by atoms with Crippen LogP contribution in [-0.2, 0) is 9.59 Å². The van der Waals surface area contributed by atoms with Crippen molar-refractivity contribution in [2.24, 2.45) is 5.41 Å². The molecule has 0 radical (unpaired) electrons. The molecule has 1 amide bonds. The van der Waals surface area contributed by atoms with Crippen LogP contribution in [0.1, 0.15) is 25.7 Å². The molecule has 0 heterocycles. The summed E-state index contributed by atoms with van der Waals surface area (Å²) in [7, 11) is 0. The van der Waals surface area contributed by atoms with Crippen LogP contribution in [0.5, 0.6) is 5.75 Å². The van der Waals surface area contributed by atoms with Crippen LogP contribution in [0.3, 0.4) is 0 Å². The number of nitrogens with one attached hydrogen (secondary N) is 1. The summed E-state index contributed by atoms with van der Waals surface area (Å²) < 4.78 is 5.42. The molecule has 6 heteroatoms. The van der Waals surface area contributed by atoms with Crippen LogP contribution >= 0.6 is 23.2 Å². The SMILES string of the molecule is O=C(CCl)CC12CC(NC(=O)COc3ccc(Cl)cc3)(C1)C2. The lowest BCUT2D eigenvalue weighted by Crippen LogP contribution is -2.75. The fourth-order valence-electron chi connectivity index (χ4n) is 3.80. The van der Waals surface area contributed by atoms with Gasteiger partial charge in [-0.05, 0) is 48.9 Å². The van der Waals surface area contributed by atoms with Gasteiger partial charge in [-0.15, -0.1) is 11.6 Å². The third-order valence-electron chi connectivity index (χ3n) is 4.45. The molecular weight excluding hydrogens is 325 g/mol. The largest absolute Gasteiger partial charge is 0.484 e. The average Bonchev–Trinajstić information content (AvgIpc) is 2.43. The molecule has 0 atom stereocenters. The third-order valence-corrected chi connectivity index (χ3v) is 5.00. The highest BCUT2D eigenvalue weighted by molar-refractivity contribution is 6.30. The number of hydrogen-bond donors (Lipinski definition) is 1. The van der Waals surface area contributed by atoms with E-state index in [4.69, 9.17) is 27.9 Å². The lowest BCUT2D eigenvalue weighted by molar-refractivity contribution is -0.172. The quantitative estimate of drug-likeness (QED) is 0.775. The Kier molecular flexibility index (Phi) is 4.08. The van der Waals surface area contributed by atoms with Crippen LogP contribution in [0.4, 0.5) is 0 Å².